The zero-order valence-corrected chi connectivity index (χ0v) is 10.3. The predicted octanol–water partition coefficient (Wildman–Crippen LogP) is 0.779. The molecule has 0 aromatic heterocycles. The van der Waals surface area contributed by atoms with Crippen molar-refractivity contribution in [3.63, 3.8) is 0 Å². The van der Waals surface area contributed by atoms with E-state index in [2.05, 4.69) is 5.32 Å². The quantitative estimate of drug-likeness (QED) is 0.665. The van der Waals surface area contributed by atoms with Crippen LogP contribution in [0.25, 0.3) is 0 Å². The van der Waals surface area contributed by atoms with Gasteiger partial charge in [-0.05, 0) is 25.2 Å². The highest BCUT2D eigenvalue weighted by atomic mass is 16.3. The van der Waals surface area contributed by atoms with Crippen LogP contribution in [-0.4, -0.2) is 29.2 Å². The third kappa shape index (κ3) is 4.10. The van der Waals surface area contributed by atoms with Crippen molar-refractivity contribution >= 4 is 5.91 Å². The molecule has 0 aliphatic heterocycles. The van der Waals surface area contributed by atoms with Crippen LogP contribution in [0.3, 0.4) is 0 Å². The SMILES string of the molecule is CC(C)C[C@H](N)C(=O)NC1CCCCC1O. The molecule has 4 nitrogen and oxygen atoms in total. The first kappa shape index (κ1) is 13.5. The van der Waals surface area contributed by atoms with E-state index >= 15 is 0 Å². The van der Waals surface area contributed by atoms with Crippen LogP contribution in [0.4, 0.5) is 0 Å². The van der Waals surface area contributed by atoms with Gasteiger partial charge in [-0.25, -0.2) is 0 Å². The van der Waals surface area contributed by atoms with Crippen LogP contribution in [0.1, 0.15) is 46.0 Å². The Bertz CT molecular complexity index is 231. The fourth-order valence-electron chi connectivity index (χ4n) is 2.18. The maximum atomic E-state index is 11.7. The minimum Gasteiger partial charge on any atom is -0.391 e. The van der Waals surface area contributed by atoms with E-state index in [0.29, 0.717) is 12.3 Å². The fourth-order valence-corrected chi connectivity index (χ4v) is 2.18. The Hall–Kier alpha value is -0.610. The van der Waals surface area contributed by atoms with Gasteiger partial charge in [0.1, 0.15) is 0 Å². The summed E-state index contributed by atoms with van der Waals surface area (Å²) in [7, 11) is 0. The minimum atomic E-state index is -0.450. The topological polar surface area (TPSA) is 75.4 Å². The van der Waals surface area contributed by atoms with Gasteiger partial charge in [-0.2, -0.15) is 0 Å². The van der Waals surface area contributed by atoms with Crippen molar-refractivity contribution in [2.75, 3.05) is 0 Å². The summed E-state index contributed by atoms with van der Waals surface area (Å²) < 4.78 is 0. The smallest absolute Gasteiger partial charge is 0.237 e. The van der Waals surface area contributed by atoms with Gasteiger partial charge in [0.15, 0.2) is 0 Å². The Labute approximate surface area is 97.6 Å². The van der Waals surface area contributed by atoms with E-state index in [1.807, 2.05) is 13.8 Å². The molecule has 0 radical (unpaired) electrons. The van der Waals surface area contributed by atoms with E-state index in [4.69, 9.17) is 5.73 Å². The Morgan fingerprint density at radius 2 is 2.06 bits per heavy atom. The third-order valence-corrected chi connectivity index (χ3v) is 3.12. The van der Waals surface area contributed by atoms with Gasteiger partial charge < -0.3 is 16.2 Å². The average molecular weight is 228 g/mol. The van der Waals surface area contributed by atoms with E-state index in [1.54, 1.807) is 0 Å². The van der Waals surface area contributed by atoms with Crippen molar-refractivity contribution in [1.29, 1.82) is 0 Å². The van der Waals surface area contributed by atoms with Gasteiger partial charge in [0.25, 0.3) is 0 Å². The first-order chi connectivity index (χ1) is 7.50. The molecular formula is C12H24N2O2. The second-order valence-corrected chi connectivity index (χ2v) is 5.20. The lowest BCUT2D eigenvalue weighted by atomic mass is 9.92. The number of aliphatic hydroxyl groups excluding tert-OH is 1. The largest absolute Gasteiger partial charge is 0.391 e. The minimum absolute atomic E-state index is 0.0977. The third-order valence-electron chi connectivity index (χ3n) is 3.12. The van der Waals surface area contributed by atoms with Gasteiger partial charge in [-0.1, -0.05) is 26.7 Å². The summed E-state index contributed by atoms with van der Waals surface area (Å²) in [6, 6.07) is -0.548. The van der Waals surface area contributed by atoms with E-state index < -0.39 is 12.1 Å². The van der Waals surface area contributed by atoms with Crippen molar-refractivity contribution in [3.8, 4) is 0 Å². The highest BCUT2D eigenvalue weighted by Gasteiger charge is 2.26. The van der Waals surface area contributed by atoms with Gasteiger partial charge >= 0.3 is 0 Å². The van der Waals surface area contributed by atoms with Crippen LogP contribution >= 0.6 is 0 Å². The first-order valence-corrected chi connectivity index (χ1v) is 6.24. The fraction of sp³-hybridized carbons (Fsp3) is 0.917. The van der Waals surface area contributed by atoms with Crippen LogP contribution in [0, 0.1) is 5.92 Å². The number of nitrogens with two attached hydrogens (primary N) is 1. The van der Waals surface area contributed by atoms with Crippen LogP contribution in [0.2, 0.25) is 0 Å². The van der Waals surface area contributed by atoms with Gasteiger partial charge in [0.2, 0.25) is 5.91 Å². The normalized spacial score (nSPS) is 27.8. The highest BCUT2D eigenvalue weighted by molar-refractivity contribution is 5.81. The molecule has 2 unspecified atom stereocenters. The molecule has 0 heterocycles. The maximum Gasteiger partial charge on any atom is 0.237 e. The molecule has 0 saturated heterocycles. The van der Waals surface area contributed by atoms with Crippen molar-refractivity contribution in [1.82, 2.24) is 5.32 Å². The zero-order valence-electron chi connectivity index (χ0n) is 10.3. The second-order valence-electron chi connectivity index (χ2n) is 5.20. The van der Waals surface area contributed by atoms with E-state index in [0.717, 1.165) is 25.7 Å². The molecule has 0 aromatic rings. The monoisotopic (exact) mass is 228 g/mol. The molecule has 1 rings (SSSR count). The molecule has 16 heavy (non-hydrogen) atoms. The Balaban J connectivity index is 2.37. The molecule has 4 N–H and O–H groups in total. The summed E-state index contributed by atoms with van der Waals surface area (Å²) >= 11 is 0. The molecule has 1 aliphatic carbocycles. The number of rotatable bonds is 4. The van der Waals surface area contributed by atoms with Gasteiger partial charge in [-0.15, -0.1) is 0 Å². The lowest BCUT2D eigenvalue weighted by molar-refractivity contribution is -0.124. The summed E-state index contributed by atoms with van der Waals surface area (Å²) in [6.45, 7) is 4.09. The summed E-state index contributed by atoms with van der Waals surface area (Å²) in [4.78, 5) is 11.7. The summed E-state index contributed by atoms with van der Waals surface area (Å²) in [6.07, 6.45) is 4.05. The Morgan fingerprint density at radius 3 is 2.62 bits per heavy atom. The average Bonchev–Trinajstić information content (AvgIpc) is 2.20. The molecule has 0 aromatic carbocycles. The van der Waals surface area contributed by atoms with E-state index in [9.17, 15) is 9.90 Å². The summed E-state index contributed by atoms with van der Waals surface area (Å²) in [5, 5.41) is 12.6. The molecule has 1 aliphatic rings. The standard InChI is InChI=1S/C12H24N2O2/c1-8(2)7-9(13)12(16)14-10-5-3-4-6-11(10)15/h8-11,15H,3-7,13H2,1-2H3,(H,14,16)/t9-,10?,11?/m0/s1. The van der Waals surface area contributed by atoms with Crippen LogP contribution in [0.15, 0.2) is 0 Å². The van der Waals surface area contributed by atoms with Crippen molar-refractivity contribution in [2.45, 2.75) is 64.1 Å². The highest BCUT2D eigenvalue weighted by Crippen LogP contribution is 2.18. The van der Waals surface area contributed by atoms with Crippen molar-refractivity contribution in [2.24, 2.45) is 11.7 Å². The molecule has 0 bridgehead atoms. The van der Waals surface area contributed by atoms with Crippen LogP contribution in [0.5, 0.6) is 0 Å². The van der Waals surface area contributed by atoms with Gasteiger partial charge in [-0.3, -0.25) is 4.79 Å². The number of hydrogen-bond acceptors (Lipinski definition) is 3. The molecule has 0 spiro atoms. The molecule has 1 fully saturated rings. The summed E-state index contributed by atoms with van der Waals surface area (Å²) in [5.74, 6) is 0.289. The maximum absolute atomic E-state index is 11.7. The number of aliphatic hydroxyl groups is 1. The van der Waals surface area contributed by atoms with E-state index in [-0.39, 0.29) is 11.9 Å². The Morgan fingerprint density at radius 1 is 1.44 bits per heavy atom. The zero-order chi connectivity index (χ0) is 12.1. The molecule has 1 saturated carbocycles. The summed E-state index contributed by atoms with van der Waals surface area (Å²) in [5.41, 5.74) is 5.79. The van der Waals surface area contributed by atoms with Gasteiger partial charge in [0.05, 0.1) is 18.2 Å². The lowest BCUT2D eigenvalue weighted by Gasteiger charge is -2.29. The van der Waals surface area contributed by atoms with Gasteiger partial charge in [0, 0.05) is 0 Å². The van der Waals surface area contributed by atoms with Crippen LogP contribution in [-0.2, 0) is 4.79 Å². The number of amides is 1. The van der Waals surface area contributed by atoms with Crippen molar-refractivity contribution in [3.05, 3.63) is 0 Å². The molecule has 4 heteroatoms. The first-order valence-electron chi connectivity index (χ1n) is 6.24. The molecule has 1 amide bonds. The predicted molar refractivity (Wildman–Crippen MR) is 63.8 cm³/mol. The van der Waals surface area contributed by atoms with E-state index in [1.165, 1.54) is 0 Å². The number of hydrogen-bond donors (Lipinski definition) is 3. The number of carbonyl (C=O) groups excluding carboxylic acids is 1. The van der Waals surface area contributed by atoms with Crippen molar-refractivity contribution < 1.29 is 9.90 Å². The molecule has 94 valence electrons. The number of nitrogens with one attached hydrogen (secondary N) is 1. The second kappa shape index (κ2) is 6.21. The lowest BCUT2D eigenvalue weighted by Crippen LogP contribution is -2.51. The van der Waals surface area contributed by atoms with Crippen LogP contribution < -0.4 is 11.1 Å². The Kier molecular flexibility index (Phi) is 5.22. The number of carbonyl (C=O) groups is 1. The molecule has 3 atom stereocenters. The molecular weight excluding hydrogens is 204 g/mol.